The van der Waals surface area contributed by atoms with Crippen LogP contribution >= 0.6 is 11.6 Å². The second kappa shape index (κ2) is 9.05. The van der Waals surface area contributed by atoms with Crippen LogP contribution in [0.1, 0.15) is 35.7 Å². The largest absolute Gasteiger partial charge is 0.383 e. The van der Waals surface area contributed by atoms with Crippen molar-refractivity contribution in [1.82, 2.24) is 4.90 Å². The summed E-state index contributed by atoms with van der Waals surface area (Å²) in [7, 11) is -3.55. The van der Waals surface area contributed by atoms with E-state index in [1.165, 1.54) is 0 Å². The fourth-order valence-electron chi connectivity index (χ4n) is 2.42. The summed E-state index contributed by atoms with van der Waals surface area (Å²) in [5.41, 5.74) is 1.48. The quantitative estimate of drug-likeness (QED) is 0.630. The minimum Gasteiger partial charge on any atom is -0.383 e. The molecule has 0 spiro atoms. The van der Waals surface area contributed by atoms with Crippen LogP contribution < -0.4 is 4.18 Å². The number of unbranched alkanes of at least 4 members (excludes halogenated alkanes) is 1. The first-order valence-corrected chi connectivity index (χ1v) is 10.5. The van der Waals surface area contributed by atoms with Gasteiger partial charge in [-0.1, -0.05) is 37.1 Å². The third-order valence-electron chi connectivity index (χ3n) is 3.70. The van der Waals surface area contributed by atoms with E-state index >= 15 is 0 Å². The van der Waals surface area contributed by atoms with Gasteiger partial charge in [-0.15, -0.1) is 0 Å². The smallest absolute Gasteiger partial charge is 0.306 e. The Morgan fingerprint density at radius 2 is 1.69 bits per heavy atom. The molecule has 2 aromatic carbocycles. The molecule has 0 aromatic heterocycles. The van der Waals surface area contributed by atoms with Crippen LogP contribution in [-0.2, 0) is 16.7 Å². The molecule has 0 atom stereocenters. The molecule has 0 saturated carbocycles. The molecule has 0 bridgehead atoms. The average Bonchev–Trinajstić information content (AvgIpc) is 2.59. The summed E-state index contributed by atoms with van der Waals surface area (Å²) in [4.78, 5) is 14.6. The predicted molar refractivity (Wildman–Crippen MR) is 103 cm³/mol. The third kappa shape index (κ3) is 6.35. The van der Waals surface area contributed by atoms with E-state index in [0.717, 1.165) is 24.7 Å². The Hall–Kier alpha value is -2.05. The first-order chi connectivity index (χ1) is 12.3. The Morgan fingerprint density at radius 3 is 2.23 bits per heavy atom. The SMILES string of the molecule is CCCCN(Cc1ccc(OS(C)(=O)=O)cc1)C(=O)c1ccc(Cl)cc1. The Bertz CT molecular complexity index is 833. The van der Waals surface area contributed by atoms with Gasteiger partial charge in [0.2, 0.25) is 0 Å². The number of rotatable bonds is 8. The van der Waals surface area contributed by atoms with Crippen molar-refractivity contribution in [2.24, 2.45) is 0 Å². The van der Waals surface area contributed by atoms with E-state index < -0.39 is 10.1 Å². The lowest BCUT2D eigenvalue weighted by molar-refractivity contribution is 0.0741. The Morgan fingerprint density at radius 1 is 1.08 bits per heavy atom. The predicted octanol–water partition coefficient (Wildman–Crippen LogP) is 4.12. The number of benzene rings is 2. The van der Waals surface area contributed by atoms with Gasteiger partial charge in [0, 0.05) is 23.7 Å². The molecule has 140 valence electrons. The van der Waals surface area contributed by atoms with Crippen molar-refractivity contribution in [1.29, 1.82) is 0 Å². The van der Waals surface area contributed by atoms with Gasteiger partial charge in [-0.05, 0) is 48.4 Å². The van der Waals surface area contributed by atoms with E-state index in [2.05, 4.69) is 6.92 Å². The van der Waals surface area contributed by atoms with Gasteiger partial charge in [-0.25, -0.2) is 0 Å². The highest BCUT2D eigenvalue weighted by molar-refractivity contribution is 7.86. The fourth-order valence-corrected chi connectivity index (χ4v) is 3.01. The molecule has 5 nitrogen and oxygen atoms in total. The summed E-state index contributed by atoms with van der Waals surface area (Å²) in [6.07, 6.45) is 2.87. The molecule has 0 heterocycles. The van der Waals surface area contributed by atoms with Gasteiger partial charge in [0.05, 0.1) is 6.26 Å². The number of amides is 1. The molecule has 0 fully saturated rings. The van der Waals surface area contributed by atoms with E-state index in [0.29, 0.717) is 23.7 Å². The zero-order valence-corrected chi connectivity index (χ0v) is 16.4. The van der Waals surface area contributed by atoms with Crippen molar-refractivity contribution in [3.63, 3.8) is 0 Å². The summed E-state index contributed by atoms with van der Waals surface area (Å²) in [5.74, 6) is 0.187. The van der Waals surface area contributed by atoms with Gasteiger partial charge in [-0.2, -0.15) is 8.42 Å². The molecule has 1 amide bonds. The summed E-state index contributed by atoms with van der Waals surface area (Å²) in [6, 6.07) is 13.5. The van der Waals surface area contributed by atoms with Gasteiger partial charge in [-0.3, -0.25) is 4.79 Å². The van der Waals surface area contributed by atoms with E-state index in [1.54, 1.807) is 53.4 Å². The highest BCUT2D eigenvalue weighted by Crippen LogP contribution is 2.18. The van der Waals surface area contributed by atoms with Crippen LogP contribution in [0.5, 0.6) is 5.75 Å². The van der Waals surface area contributed by atoms with Crippen LogP contribution in [0, 0.1) is 0 Å². The van der Waals surface area contributed by atoms with Gasteiger partial charge in [0.1, 0.15) is 5.75 Å². The molecule has 0 aliphatic heterocycles. The highest BCUT2D eigenvalue weighted by Gasteiger charge is 2.16. The summed E-state index contributed by atoms with van der Waals surface area (Å²) in [5, 5.41) is 0.586. The second-order valence-corrected chi connectivity index (χ2v) is 8.03. The van der Waals surface area contributed by atoms with E-state index in [9.17, 15) is 13.2 Å². The molecule has 0 aliphatic rings. The summed E-state index contributed by atoms with van der Waals surface area (Å²) < 4.78 is 27.2. The number of hydrogen-bond donors (Lipinski definition) is 0. The normalized spacial score (nSPS) is 11.2. The molecule has 0 unspecified atom stereocenters. The fraction of sp³-hybridized carbons (Fsp3) is 0.316. The van der Waals surface area contributed by atoms with Gasteiger partial charge < -0.3 is 9.08 Å². The van der Waals surface area contributed by atoms with E-state index in [1.807, 2.05) is 0 Å². The molecule has 0 N–H and O–H groups in total. The standard InChI is InChI=1S/C19H22ClNO4S/c1-3-4-13-21(19(22)16-7-9-17(20)10-8-16)14-15-5-11-18(12-6-15)25-26(2,23)24/h5-12H,3-4,13-14H2,1-2H3. The highest BCUT2D eigenvalue weighted by atomic mass is 35.5. The molecule has 26 heavy (non-hydrogen) atoms. The average molecular weight is 396 g/mol. The molecule has 2 rings (SSSR count). The summed E-state index contributed by atoms with van der Waals surface area (Å²) in [6.45, 7) is 3.14. The molecule has 0 aliphatic carbocycles. The van der Waals surface area contributed by atoms with Crippen molar-refractivity contribution >= 4 is 27.6 Å². The third-order valence-corrected chi connectivity index (χ3v) is 4.45. The van der Waals surface area contributed by atoms with Crippen LogP contribution in [0.25, 0.3) is 0 Å². The first-order valence-electron chi connectivity index (χ1n) is 8.31. The Kier molecular flexibility index (Phi) is 7.06. The Balaban J connectivity index is 2.14. The van der Waals surface area contributed by atoms with Crippen molar-refractivity contribution in [3.05, 3.63) is 64.7 Å². The molecular formula is C19H22ClNO4S. The van der Waals surface area contributed by atoms with Crippen LogP contribution in [0.15, 0.2) is 48.5 Å². The zero-order chi connectivity index (χ0) is 19.2. The van der Waals surface area contributed by atoms with Crippen molar-refractivity contribution in [2.45, 2.75) is 26.3 Å². The zero-order valence-electron chi connectivity index (χ0n) is 14.8. The number of carbonyl (C=O) groups is 1. The van der Waals surface area contributed by atoms with Gasteiger partial charge in [0.15, 0.2) is 0 Å². The molecular weight excluding hydrogens is 374 g/mol. The van der Waals surface area contributed by atoms with Crippen LogP contribution in [0.3, 0.4) is 0 Å². The maximum Gasteiger partial charge on any atom is 0.306 e. The molecule has 2 aromatic rings. The van der Waals surface area contributed by atoms with Gasteiger partial charge >= 0.3 is 10.1 Å². The van der Waals surface area contributed by atoms with Gasteiger partial charge in [0.25, 0.3) is 5.91 Å². The maximum absolute atomic E-state index is 12.8. The van der Waals surface area contributed by atoms with Crippen LogP contribution in [-0.4, -0.2) is 32.0 Å². The van der Waals surface area contributed by atoms with Crippen molar-refractivity contribution in [2.75, 3.05) is 12.8 Å². The topological polar surface area (TPSA) is 63.7 Å². The maximum atomic E-state index is 12.8. The Labute approximate surface area is 159 Å². The first kappa shape index (κ1) is 20.3. The van der Waals surface area contributed by atoms with E-state index in [-0.39, 0.29) is 11.7 Å². The van der Waals surface area contributed by atoms with E-state index in [4.69, 9.17) is 15.8 Å². The summed E-state index contributed by atoms with van der Waals surface area (Å²) >= 11 is 5.89. The number of halogens is 1. The molecule has 7 heteroatoms. The minimum atomic E-state index is -3.55. The number of hydrogen-bond acceptors (Lipinski definition) is 4. The number of carbonyl (C=O) groups excluding carboxylic acids is 1. The minimum absolute atomic E-state index is 0.0634. The monoisotopic (exact) mass is 395 g/mol. The van der Waals surface area contributed by atoms with Crippen LogP contribution in [0.4, 0.5) is 0 Å². The van der Waals surface area contributed by atoms with Crippen molar-refractivity contribution < 1.29 is 17.4 Å². The van der Waals surface area contributed by atoms with Crippen LogP contribution in [0.2, 0.25) is 5.02 Å². The number of nitrogens with zero attached hydrogens (tertiary/aromatic N) is 1. The molecule has 0 radical (unpaired) electrons. The lowest BCUT2D eigenvalue weighted by atomic mass is 10.1. The van der Waals surface area contributed by atoms with Crippen molar-refractivity contribution in [3.8, 4) is 5.75 Å². The lowest BCUT2D eigenvalue weighted by Crippen LogP contribution is -2.31. The lowest BCUT2D eigenvalue weighted by Gasteiger charge is -2.23. The molecule has 0 saturated heterocycles. The second-order valence-electron chi connectivity index (χ2n) is 6.02.